The van der Waals surface area contributed by atoms with Gasteiger partial charge in [0, 0.05) is 18.6 Å². The minimum absolute atomic E-state index is 0.00775. The minimum Gasteiger partial charge on any atom is -0.487 e. The lowest BCUT2D eigenvalue weighted by Crippen LogP contribution is -2.16. The fourth-order valence-corrected chi connectivity index (χ4v) is 2.24. The van der Waals surface area contributed by atoms with Crippen LogP contribution in [0.2, 0.25) is 0 Å². The number of aromatic nitrogens is 2. The number of aryl methyl sites for hydroxylation is 2. The number of alkyl halides is 2. The second-order valence-corrected chi connectivity index (χ2v) is 5.60. The highest BCUT2D eigenvalue weighted by atomic mass is 19.3. The lowest BCUT2D eigenvalue weighted by molar-refractivity contribution is -0.389. The van der Waals surface area contributed by atoms with E-state index in [2.05, 4.69) is 10.4 Å². The number of amides is 1. The Hall–Kier alpha value is -3.64. The Labute approximate surface area is 156 Å². The summed E-state index contributed by atoms with van der Waals surface area (Å²) in [4.78, 5) is 32.3. The second-order valence-electron chi connectivity index (χ2n) is 5.60. The van der Waals surface area contributed by atoms with Gasteiger partial charge in [-0.15, -0.1) is 0 Å². The zero-order valence-electron chi connectivity index (χ0n) is 14.5. The van der Waals surface area contributed by atoms with Crippen LogP contribution in [0.3, 0.4) is 0 Å². The summed E-state index contributed by atoms with van der Waals surface area (Å²) in [5, 5.41) is 27.8. The molecule has 0 spiro atoms. The summed E-state index contributed by atoms with van der Waals surface area (Å²) >= 11 is 0. The third kappa shape index (κ3) is 5.69. The Morgan fingerprint density at radius 1 is 1.25 bits per heavy atom. The molecule has 150 valence electrons. The Morgan fingerprint density at radius 2 is 1.96 bits per heavy atom. The normalized spacial score (nSPS) is 10.7. The average molecular weight is 399 g/mol. The highest BCUT2D eigenvalue weighted by Gasteiger charge is 2.17. The van der Waals surface area contributed by atoms with Crippen LogP contribution in [0.25, 0.3) is 0 Å². The Bertz CT molecular complexity index is 901. The molecule has 2 rings (SSSR count). The highest BCUT2D eigenvalue weighted by molar-refractivity contribution is 5.91. The van der Waals surface area contributed by atoms with E-state index >= 15 is 0 Å². The third-order valence-electron chi connectivity index (χ3n) is 3.47. The number of carbonyl (C=O) groups is 1. The highest BCUT2D eigenvalue weighted by Crippen LogP contribution is 2.26. The van der Waals surface area contributed by atoms with Crippen molar-refractivity contribution >= 4 is 23.1 Å². The van der Waals surface area contributed by atoms with Crippen LogP contribution in [0, 0.1) is 27.2 Å². The molecule has 0 radical (unpaired) electrons. The molecule has 0 bridgehead atoms. The number of anilines is 1. The van der Waals surface area contributed by atoms with Gasteiger partial charge in [-0.3, -0.25) is 14.9 Å². The summed E-state index contributed by atoms with van der Waals surface area (Å²) in [6.45, 7) is 0.673. The van der Waals surface area contributed by atoms with Gasteiger partial charge in [0.1, 0.15) is 12.4 Å². The van der Waals surface area contributed by atoms with Crippen LogP contribution < -0.4 is 10.1 Å². The van der Waals surface area contributed by atoms with Crippen molar-refractivity contribution < 1.29 is 28.2 Å². The van der Waals surface area contributed by atoms with E-state index in [0.717, 1.165) is 12.1 Å². The maximum Gasteiger partial charge on any atom is 0.390 e. The molecule has 13 heteroatoms. The molecule has 0 fully saturated rings. The van der Waals surface area contributed by atoms with Crippen molar-refractivity contribution in [3.05, 3.63) is 50.2 Å². The van der Waals surface area contributed by atoms with Gasteiger partial charge in [-0.25, -0.2) is 8.78 Å². The van der Waals surface area contributed by atoms with E-state index in [1.165, 1.54) is 16.8 Å². The molecule has 1 aromatic heterocycles. The minimum atomic E-state index is -2.77. The SMILES string of the molecule is Cc1cc([N+](=O)[O-])nn1CCC(=O)Nc1cc(OCC(F)F)cc([N+](=O)[O-])c1. The molecule has 0 aliphatic carbocycles. The standard InChI is InChI=1S/C15H15F2N5O6/c1-9-4-14(22(26)27)19-20(9)3-2-15(23)18-10-5-11(21(24)25)7-12(6-10)28-8-13(16)17/h4-7,13H,2-3,8H2,1H3,(H,18,23). The summed E-state index contributed by atoms with van der Waals surface area (Å²) in [7, 11) is 0. The molecule has 0 atom stereocenters. The van der Waals surface area contributed by atoms with Gasteiger partial charge in [-0.1, -0.05) is 0 Å². The molecule has 2 aromatic rings. The van der Waals surface area contributed by atoms with Crippen LogP contribution in [0.1, 0.15) is 12.1 Å². The van der Waals surface area contributed by atoms with Crippen molar-refractivity contribution in [2.45, 2.75) is 26.3 Å². The number of nitro benzene ring substituents is 1. The number of carbonyl (C=O) groups excluding carboxylic acids is 1. The molecule has 0 aliphatic rings. The molecule has 0 saturated heterocycles. The summed E-state index contributed by atoms with van der Waals surface area (Å²) in [5.41, 5.74) is 0.0322. The first kappa shape index (κ1) is 20.7. The molecule has 1 amide bonds. The first-order valence-corrected chi connectivity index (χ1v) is 7.85. The molecule has 1 N–H and O–H groups in total. The first-order valence-electron chi connectivity index (χ1n) is 7.85. The van der Waals surface area contributed by atoms with Crippen molar-refractivity contribution in [3.8, 4) is 5.75 Å². The molecule has 0 aliphatic heterocycles. The first-order chi connectivity index (χ1) is 13.2. The van der Waals surface area contributed by atoms with Gasteiger partial charge in [-0.05, 0) is 11.8 Å². The number of hydrogen-bond donors (Lipinski definition) is 1. The quantitative estimate of drug-likeness (QED) is 0.504. The van der Waals surface area contributed by atoms with Crippen molar-refractivity contribution in [2.24, 2.45) is 0 Å². The van der Waals surface area contributed by atoms with Gasteiger partial charge in [-0.2, -0.15) is 4.68 Å². The number of nitrogens with zero attached hydrogens (tertiary/aromatic N) is 4. The van der Waals surface area contributed by atoms with E-state index in [1.54, 1.807) is 6.92 Å². The predicted octanol–water partition coefficient (Wildman–Crippen LogP) is 2.68. The van der Waals surface area contributed by atoms with E-state index < -0.39 is 34.5 Å². The molecule has 11 nitrogen and oxygen atoms in total. The van der Waals surface area contributed by atoms with Crippen LogP contribution in [0.15, 0.2) is 24.3 Å². The molecular weight excluding hydrogens is 384 g/mol. The molecule has 28 heavy (non-hydrogen) atoms. The number of nitro groups is 2. The number of halogens is 2. The van der Waals surface area contributed by atoms with Crippen molar-refractivity contribution in [1.82, 2.24) is 9.78 Å². The number of hydrogen-bond acceptors (Lipinski definition) is 7. The van der Waals surface area contributed by atoms with E-state index in [9.17, 15) is 33.8 Å². The van der Waals surface area contributed by atoms with Gasteiger partial charge < -0.3 is 20.2 Å². The molecule has 0 unspecified atom stereocenters. The Morgan fingerprint density at radius 3 is 2.54 bits per heavy atom. The molecule has 1 heterocycles. The fourth-order valence-electron chi connectivity index (χ4n) is 2.24. The van der Waals surface area contributed by atoms with E-state index in [-0.39, 0.29) is 30.2 Å². The Balaban J connectivity index is 2.05. The zero-order valence-corrected chi connectivity index (χ0v) is 14.5. The fraction of sp³-hybridized carbons (Fsp3) is 0.333. The van der Waals surface area contributed by atoms with E-state index in [4.69, 9.17) is 4.74 Å². The van der Waals surface area contributed by atoms with Gasteiger partial charge in [0.15, 0.2) is 0 Å². The van der Waals surface area contributed by atoms with Crippen LogP contribution in [-0.2, 0) is 11.3 Å². The topological polar surface area (TPSA) is 142 Å². The summed E-state index contributed by atoms with van der Waals surface area (Å²) in [6, 6.07) is 4.45. The van der Waals surface area contributed by atoms with Crippen molar-refractivity contribution in [3.63, 3.8) is 0 Å². The average Bonchev–Trinajstić information content (AvgIpc) is 2.99. The summed E-state index contributed by atoms with van der Waals surface area (Å²) < 4.78 is 30.6. The number of benzene rings is 1. The molecule has 1 aromatic carbocycles. The number of ether oxygens (including phenoxy) is 1. The Kier molecular flexibility index (Phi) is 6.52. The number of rotatable bonds is 9. The summed E-state index contributed by atoms with van der Waals surface area (Å²) in [6.07, 6.45) is -2.89. The maximum atomic E-state index is 12.3. The second kappa shape index (κ2) is 8.83. The lowest BCUT2D eigenvalue weighted by atomic mass is 10.2. The van der Waals surface area contributed by atoms with E-state index in [1.807, 2.05) is 0 Å². The van der Waals surface area contributed by atoms with Gasteiger partial charge in [0.05, 0.1) is 40.1 Å². The third-order valence-corrected chi connectivity index (χ3v) is 3.47. The predicted molar refractivity (Wildman–Crippen MR) is 91.5 cm³/mol. The van der Waals surface area contributed by atoms with Crippen molar-refractivity contribution in [2.75, 3.05) is 11.9 Å². The van der Waals surface area contributed by atoms with Gasteiger partial charge in [0.2, 0.25) is 5.91 Å². The van der Waals surface area contributed by atoms with Crippen LogP contribution in [0.4, 0.5) is 26.0 Å². The summed E-state index contributed by atoms with van der Waals surface area (Å²) in [5.74, 6) is -1.10. The zero-order chi connectivity index (χ0) is 20.8. The van der Waals surface area contributed by atoms with Crippen LogP contribution in [-0.4, -0.2) is 38.6 Å². The largest absolute Gasteiger partial charge is 0.487 e. The van der Waals surface area contributed by atoms with Crippen LogP contribution in [0.5, 0.6) is 5.75 Å². The molecular formula is C15H15F2N5O6. The lowest BCUT2D eigenvalue weighted by Gasteiger charge is -2.09. The van der Waals surface area contributed by atoms with Crippen LogP contribution >= 0.6 is 0 Å². The smallest absolute Gasteiger partial charge is 0.390 e. The maximum absolute atomic E-state index is 12.3. The number of nitrogens with one attached hydrogen (secondary N) is 1. The van der Waals surface area contributed by atoms with Gasteiger partial charge in [0.25, 0.3) is 12.1 Å². The van der Waals surface area contributed by atoms with Gasteiger partial charge >= 0.3 is 5.82 Å². The van der Waals surface area contributed by atoms with E-state index in [0.29, 0.717) is 5.69 Å². The monoisotopic (exact) mass is 399 g/mol. The van der Waals surface area contributed by atoms with Crippen molar-refractivity contribution in [1.29, 1.82) is 0 Å². The molecule has 0 saturated carbocycles. The number of non-ortho nitro benzene ring substituents is 1.